The minimum atomic E-state index is -1.23. The summed E-state index contributed by atoms with van der Waals surface area (Å²) in [4.78, 5) is 29.9. The molecule has 118 valence electrons. The normalized spacial score (nSPS) is 8.52. The Labute approximate surface area is 122 Å². The summed E-state index contributed by atoms with van der Waals surface area (Å²) in [5.41, 5.74) is -0.380. The second-order valence-corrected chi connectivity index (χ2v) is 3.46. The van der Waals surface area contributed by atoms with E-state index in [1.54, 1.807) is 0 Å². The maximum atomic E-state index is 10.5. The summed E-state index contributed by atoms with van der Waals surface area (Å²) in [5, 5.41) is 24.5. The monoisotopic (exact) mass is 300 g/mol. The van der Waals surface area contributed by atoms with Crippen LogP contribution in [0.3, 0.4) is 0 Å². The lowest BCUT2D eigenvalue weighted by atomic mass is 10.1. The van der Waals surface area contributed by atoms with Gasteiger partial charge in [0.1, 0.15) is 0 Å². The first kappa shape index (κ1) is 20.9. The quantitative estimate of drug-likeness (QED) is 0.779. The highest BCUT2D eigenvalue weighted by Crippen LogP contribution is 2.07. The molecule has 1 aromatic rings. The Morgan fingerprint density at radius 3 is 1.33 bits per heavy atom. The number of aromatic carboxylic acids is 2. The van der Waals surface area contributed by atoms with Crippen LogP contribution in [0.2, 0.25) is 0 Å². The molecule has 0 aliphatic heterocycles. The van der Waals surface area contributed by atoms with Crippen LogP contribution in [-0.2, 0) is 9.53 Å². The van der Waals surface area contributed by atoms with Crippen LogP contribution in [0.25, 0.3) is 0 Å². The van der Waals surface area contributed by atoms with Crippen molar-refractivity contribution < 1.29 is 34.4 Å². The summed E-state index contributed by atoms with van der Waals surface area (Å²) in [7, 11) is 0. The predicted octanol–water partition coefficient (Wildman–Crippen LogP) is 2.22. The Kier molecular flexibility index (Phi) is 12.6. The van der Waals surface area contributed by atoms with E-state index >= 15 is 0 Å². The Hall–Kier alpha value is -2.41. The molecule has 7 nitrogen and oxygen atoms in total. The molecule has 0 heterocycles. The van der Waals surface area contributed by atoms with Crippen LogP contribution in [0, 0.1) is 0 Å². The third-order valence-corrected chi connectivity index (χ3v) is 1.80. The first-order valence-electron chi connectivity index (χ1n) is 6.10. The minimum Gasteiger partial charge on any atom is -0.481 e. The van der Waals surface area contributed by atoms with E-state index in [0.717, 1.165) is 20.1 Å². The van der Waals surface area contributed by atoms with Gasteiger partial charge in [-0.3, -0.25) is 4.79 Å². The van der Waals surface area contributed by atoms with Gasteiger partial charge in [0, 0.05) is 20.1 Å². The van der Waals surface area contributed by atoms with E-state index in [9.17, 15) is 9.59 Å². The molecular formula is C14H20O7. The lowest BCUT2D eigenvalue weighted by molar-refractivity contribution is -0.134. The number of hydrogen-bond donors (Lipinski definition) is 3. The van der Waals surface area contributed by atoms with Crippen molar-refractivity contribution in [1.82, 2.24) is 0 Å². The molecule has 0 saturated heterocycles. The van der Waals surface area contributed by atoms with Crippen LogP contribution >= 0.6 is 0 Å². The maximum Gasteiger partial charge on any atom is 0.336 e. The highest BCUT2D eigenvalue weighted by molar-refractivity contribution is 6.01. The third-order valence-electron chi connectivity index (χ3n) is 1.80. The average Bonchev–Trinajstić information content (AvgIpc) is 2.39. The summed E-state index contributed by atoms with van der Waals surface area (Å²) in [6.45, 7) is 6.75. The van der Waals surface area contributed by atoms with E-state index in [1.165, 1.54) is 24.3 Å². The number of benzene rings is 1. The van der Waals surface area contributed by atoms with E-state index in [-0.39, 0.29) is 11.1 Å². The summed E-state index contributed by atoms with van der Waals surface area (Å²) >= 11 is 0. The number of aliphatic carboxylic acids is 1. The Morgan fingerprint density at radius 2 is 1.19 bits per heavy atom. The van der Waals surface area contributed by atoms with E-state index in [0.29, 0.717) is 0 Å². The zero-order valence-electron chi connectivity index (χ0n) is 12.2. The molecule has 0 aromatic heterocycles. The zero-order valence-corrected chi connectivity index (χ0v) is 12.2. The van der Waals surface area contributed by atoms with Gasteiger partial charge in [-0.1, -0.05) is 12.1 Å². The van der Waals surface area contributed by atoms with E-state index in [4.69, 9.17) is 24.9 Å². The molecule has 0 saturated carbocycles. The van der Waals surface area contributed by atoms with Gasteiger partial charge in [-0.15, -0.1) is 0 Å². The van der Waals surface area contributed by atoms with Gasteiger partial charge in [0.15, 0.2) is 0 Å². The van der Waals surface area contributed by atoms with Crippen molar-refractivity contribution in [2.75, 3.05) is 13.2 Å². The van der Waals surface area contributed by atoms with E-state index < -0.39 is 17.9 Å². The first-order valence-corrected chi connectivity index (χ1v) is 6.10. The fourth-order valence-corrected chi connectivity index (χ4v) is 1.06. The second-order valence-electron chi connectivity index (χ2n) is 3.46. The number of carboxylic acid groups (broad SMARTS) is 3. The highest BCUT2D eigenvalue weighted by Gasteiger charge is 2.13. The van der Waals surface area contributed by atoms with Crippen molar-refractivity contribution in [3.8, 4) is 0 Å². The van der Waals surface area contributed by atoms with Gasteiger partial charge in [0.05, 0.1) is 11.1 Å². The topological polar surface area (TPSA) is 121 Å². The maximum absolute atomic E-state index is 10.5. The van der Waals surface area contributed by atoms with Gasteiger partial charge in [-0.25, -0.2) is 9.59 Å². The van der Waals surface area contributed by atoms with Gasteiger partial charge < -0.3 is 20.1 Å². The van der Waals surface area contributed by atoms with Crippen molar-refractivity contribution in [3.05, 3.63) is 35.4 Å². The summed E-state index contributed by atoms with van der Waals surface area (Å²) in [6, 6.07) is 5.48. The molecular weight excluding hydrogens is 280 g/mol. The number of carboxylic acids is 3. The molecule has 0 fully saturated rings. The van der Waals surface area contributed by atoms with Gasteiger partial charge >= 0.3 is 11.9 Å². The Morgan fingerprint density at radius 1 is 0.905 bits per heavy atom. The lowest BCUT2D eigenvalue weighted by Gasteiger charge is -1.98. The molecule has 0 atom stereocenters. The summed E-state index contributed by atoms with van der Waals surface area (Å²) in [5.74, 6) is -3.29. The van der Waals surface area contributed by atoms with Gasteiger partial charge in [0.2, 0.25) is 0 Å². The predicted molar refractivity (Wildman–Crippen MR) is 75.8 cm³/mol. The van der Waals surface area contributed by atoms with Gasteiger partial charge in [-0.05, 0) is 26.0 Å². The van der Waals surface area contributed by atoms with E-state index in [1.807, 2.05) is 13.8 Å². The molecule has 3 N–H and O–H groups in total. The zero-order chi connectivity index (χ0) is 16.8. The minimum absolute atomic E-state index is 0.190. The van der Waals surface area contributed by atoms with Crippen molar-refractivity contribution in [2.45, 2.75) is 20.8 Å². The van der Waals surface area contributed by atoms with Crippen molar-refractivity contribution in [3.63, 3.8) is 0 Å². The fraction of sp³-hybridized carbons (Fsp3) is 0.357. The van der Waals surface area contributed by atoms with Crippen molar-refractivity contribution in [2.24, 2.45) is 0 Å². The summed E-state index contributed by atoms with van der Waals surface area (Å²) in [6.07, 6.45) is 0. The molecule has 21 heavy (non-hydrogen) atoms. The lowest BCUT2D eigenvalue weighted by Crippen LogP contribution is -2.06. The largest absolute Gasteiger partial charge is 0.481 e. The molecule has 0 aliphatic rings. The molecule has 7 heteroatoms. The third kappa shape index (κ3) is 12.4. The Balaban J connectivity index is 0. The molecule has 1 aromatic carbocycles. The molecule has 0 amide bonds. The van der Waals surface area contributed by atoms with Crippen molar-refractivity contribution in [1.29, 1.82) is 0 Å². The van der Waals surface area contributed by atoms with Gasteiger partial charge in [-0.2, -0.15) is 0 Å². The first-order chi connectivity index (χ1) is 9.77. The smallest absolute Gasteiger partial charge is 0.336 e. The van der Waals surface area contributed by atoms with Crippen molar-refractivity contribution >= 4 is 17.9 Å². The molecule has 0 spiro atoms. The van der Waals surface area contributed by atoms with Crippen LogP contribution in [0.4, 0.5) is 0 Å². The van der Waals surface area contributed by atoms with Crippen LogP contribution in [0.5, 0.6) is 0 Å². The fourth-order valence-electron chi connectivity index (χ4n) is 1.06. The second kappa shape index (κ2) is 12.6. The van der Waals surface area contributed by atoms with Crippen LogP contribution in [0.15, 0.2) is 24.3 Å². The average molecular weight is 300 g/mol. The van der Waals surface area contributed by atoms with Crippen LogP contribution < -0.4 is 0 Å². The molecule has 0 bridgehead atoms. The number of hydrogen-bond acceptors (Lipinski definition) is 4. The standard InChI is InChI=1S/C8H6O4.C4H10O.C2H4O2/c9-7(10)5-3-1-2-4-6(5)8(11)12;1-3-5-4-2;1-2(3)4/h1-4H,(H,9,10)(H,11,12);3-4H2,1-2H3;1H3,(H,3,4). The van der Waals surface area contributed by atoms with E-state index in [2.05, 4.69) is 0 Å². The molecule has 0 unspecified atom stereocenters. The summed E-state index contributed by atoms with van der Waals surface area (Å²) < 4.78 is 4.83. The number of ether oxygens (including phenoxy) is 1. The van der Waals surface area contributed by atoms with Gasteiger partial charge in [0.25, 0.3) is 5.97 Å². The highest BCUT2D eigenvalue weighted by atomic mass is 16.5. The van der Waals surface area contributed by atoms with Crippen LogP contribution in [0.1, 0.15) is 41.5 Å². The SMILES string of the molecule is CC(=O)O.CCOCC.O=C(O)c1ccccc1C(=O)O. The number of carbonyl (C=O) groups is 3. The molecule has 0 aliphatic carbocycles. The number of rotatable bonds is 4. The molecule has 0 radical (unpaired) electrons. The van der Waals surface area contributed by atoms with Crippen LogP contribution in [-0.4, -0.2) is 46.4 Å². The molecule has 1 rings (SSSR count). The Bertz CT molecular complexity index is 415.